The van der Waals surface area contributed by atoms with Crippen LogP contribution in [0.15, 0.2) is 18.2 Å². The average molecular weight is 343 g/mol. The molecule has 1 aliphatic rings. The number of nitrogens with zero attached hydrogens (tertiary/aromatic N) is 3. The molecular formula is C19H29N5O. The third kappa shape index (κ3) is 4.12. The molecule has 0 radical (unpaired) electrons. The molecule has 2 N–H and O–H groups in total. The number of hydrogen-bond acceptors (Lipinski definition) is 3. The van der Waals surface area contributed by atoms with Gasteiger partial charge >= 0.3 is 6.03 Å². The highest BCUT2D eigenvalue weighted by molar-refractivity contribution is 5.77. The summed E-state index contributed by atoms with van der Waals surface area (Å²) in [5.74, 6) is 0.812. The fourth-order valence-electron chi connectivity index (χ4n) is 3.22. The molecule has 0 saturated heterocycles. The fourth-order valence-corrected chi connectivity index (χ4v) is 3.22. The summed E-state index contributed by atoms with van der Waals surface area (Å²) in [5.41, 5.74) is 3.11. The Balaban J connectivity index is 1.60. The molecule has 25 heavy (non-hydrogen) atoms. The number of nitrogens with one attached hydrogen (secondary N) is 2. The van der Waals surface area contributed by atoms with E-state index in [1.165, 1.54) is 5.56 Å². The summed E-state index contributed by atoms with van der Waals surface area (Å²) in [6, 6.07) is 6.11. The summed E-state index contributed by atoms with van der Waals surface area (Å²) in [5, 5.41) is 3.23. The molecule has 1 aromatic heterocycles. The third-order valence-corrected chi connectivity index (χ3v) is 5.07. The minimum Gasteiger partial charge on any atom is -0.340 e. The standard InChI is InChI=1S/C19H29N5O/c1-5-24(6-2)13-19(9-10-19)22-18(25)23(4)12-17-20-15-8-7-14(3)11-16(15)21-17/h7-8,11H,5-6,9-10,12-13H2,1-4H3,(H,20,21)(H,22,25). The van der Waals surface area contributed by atoms with Gasteiger partial charge in [0.1, 0.15) is 5.82 Å². The van der Waals surface area contributed by atoms with E-state index in [1.807, 2.05) is 19.2 Å². The van der Waals surface area contributed by atoms with Crippen LogP contribution in [0.4, 0.5) is 4.79 Å². The van der Waals surface area contributed by atoms with E-state index in [2.05, 4.69) is 47.0 Å². The zero-order chi connectivity index (χ0) is 18.0. The van der Waals surface area contributed by atoms with Gasteiger partial charge in [0.05, 0.1) is 23.1 Å². The molecule has 6 nitrogen and oxygen atoms in total. The number of H-pyrrole nitrogens is 1. The van der Waals surface area contributed by atoms with Crippen LogP contribution < -0.4 is 5.32 Å². The summed E-state index contributed by atoms with van der Waals surface area (Å²) in [7, 11) is 1.82. The number of rotatable bonds is 7. The lowest BCUT2D eigenvalue weighted by molar-refractivity contribution is 0.190. The predicted octanol–water partition coefficient (Wildman–Crippen LogP) is 2.89. The molecule has 1 aromatic carbocycles. The summed E-state index contributed by atoms with van der Waals surface area (Å²) >= 11 is 0. The number of benzene rings is 1. The second-order valence-corrected chi connectivity index (χ2v) is 7.23. The number of aromatic nitrogens is 2. The van der Waals surface area contributed by atoms with Crippen LogP contribution in [-0.4, -0.2) is 58.0 Å². The van der Waals surface area contributed by atoms with Gasteiger partial charge in [-0.3, -0.25) is 0 Å². The number of carbonyl (C=O) groups excluding carboxylic acids is 1. The highest BCUT2D eigenvalue weighted by Crippen LogP contribution is 2.36. The first-order chi connectivity index (χ1) is 11.9. The molecule has 2 amide bonds. The lowest BCUT2D eigenvalue weighted by Crippen LogP contribution is -2.49. The van der Waals surface area contributed by atoms with Gasteiger partial charge in [-0.25, -0.2) is 9.78 Å². The zero-order valence-corrected chi connectivity index (χ0v) is 15.7. The van der Waals surface area contributed by atoms with Crippen LogP contribution in [0.1, 0.15) is 38.1 Å². The van der Waals surface area contributed by atoms with E-state index < -0.39 is 0 Å². The molecule has 2 aromatic rings. The summed E-state index contributed by atoms with van der Waals surface area (Å²) in [6.07, 6.45) is 2.12. The van der Waals surface area contributed by atoms with Crippen LogP contribution in [-0.2, 0) is 6.54 Å². The van der Waals surface area contributed by atoms with Gasteiger partial charge in [-0.15, -0.1) is 0 Å². The van der Waals surface area contributed by atoms with Crippen LogP contribution in [0.3, 0.4) is 0 Å². The largest absolute Gasteiger partial charge is 0.340 e. The number of urea groups is 1. The van der Waals surface area contributed by atoms with Crippen LogP contribution >= 0.6 is 0 Å². The SMILES string of the molecule is CCN(CC)CC1(NC(=O)N(C)Cc2nc3ccc(C)cc3[nH]2)CC1. The third-order valence-electron chi connectivity index (χ3n) is 5.07. The minimum atomic E-state index is -0.0393. The van der Waals surface area contributed by atoms with E-state index in [9.17, 15) is 4.79 Å². The molecule has 0 atom stereocenters. The molecule has 1 saturated carbocycles. The first-order valence-electron chi connectivity index (χ1n) is 9.15. The fraction of sp³-hybridized carbons (Fsp3) is 0.579. The Hall–Kier alpha value is -2.08. The van der Waals surface area contributed by atoms with Crippen molar-refractivity contribution in [2.45, 2.75) is 45.7 Å². The summed E-state index contributed by atoms with van der Waals surface area (Å²) in [4.78, 5) is 24.5. The van der Waals surface area contributed by atoms with Crippen molar-refractivity contribution in [1.29, 1.82) is 0 Å². The van der Waals surface area contributed by atoms with E-state index >= 15 is 0 Å². The topological polar surface area (TPSA) is 64.3 Å². The van der Waals surface area contributed by atoms with Crippen molar-refractivity contribution < 1.29 is 4.79 Å². The van der Waals surface area contributed by atoms with Crippen molar-refractivity contribution in [3.8, 4) is 0 Å². The van der Waals surface area contributed by atoms with Gasteiger partial charge in [-0.05, 0) is 50.6 Å². The van der Waals surface area contributed by atoms with Gasteiger partial charge in [0.25, 0.3) is 0 Å². The van der Waals surface area contributed by atoms with Crippen molar-refractivity contribution in [2.24, 2.45) is 0 Å². The highest BCUT2D eigenvalue weighted by atomic mass is 16.2. The highest BCUT2D eigenvalue weighted by Gasteiger charge is 2.45. The molecule has 1 heterocycles. The predicted molar refractivity (Wildman–Crippen MR) is 101 cm³/mol. The van der Waals surface area contributed by atoms with Gasteiger partial charge in [-0.2, -0.15) is 0 Å². The van der Waals surface area contributed by atoms with Gasteiger partial charge in [0.2, 0.25) is 0 Å². The molecular weight excluding hydrogens is 314 g/mol. The van der Waals surface area contributed by atoms with Crippen LogP contribution in [0.2, 0.25) is 0 Å². The van der Waals surface area contributed by atoms with Gasteiger partial charge in [-0.1, -0.05) is 19.9 Å². The van der Waals surface area contributed by atoms with Gasteiger partial charge < -0.3 is 20.1 Å². The van der Waals surface area contributed by atoms with E-state index in [1.54, 1.807) is 4.90 Å². The monoisotopic (exact) mass is 343 g/mol. The van der Waals surface area contributed by atoms with E-state index in [-0.39, 0.29) is 11.6 Å². The molecule has 6 heteroatoms. The van der Waals surface area contributed by atoms with Crippen LogP contribution in [0, 0.1) is 6.92 Å². The Bertz CT molecular complexity index is 745. The number of aromatic amines is 1. The van der Waals surface area contributed by atoms with Crippen LogP contribution in [0.25, 0.3) is 11.0 Å². The number of fused-ring (bicyclic) bond motifs is 1. The number of amides is 2. The lowest BCUT2D eigenvalue weighted by atomic mass is 10.2. The van der Waals surface area contributed by atoms with E-state index in [0.717, 1.165) is 49.3 Å². The zero-order valence-electron chi connectivity index (χ0n) is 15.7. The maximum atomic E-state index is 12.6. The molecule has 3 rings (SSSR count). The molecule has 0 bridgehead atoms. The lowest BCUT2D eigenvalue weighted by Gasteiger charge is -2.28. The number of carbonyl (C=O) groups is 1. The number of imidazole rings is 1. The second-order valence-electron chi connectivity index (χ2n) is 7.23. The molecule has 1 fully saturated rings. The maximum absolute atomic E-state index is 12.6. The average Bonchev–Trinajstić information content (AvgIpc) is 3.22. The van der Waals surface area contributed by atoms with Crippen molar-refractivity contribution in [2.75, 3.05) is 26.7 Å². The molecule has 0 unspecified atom stereocenters. The number of hydrogen-bond donors (Lipinski definition) is 2. The second kappa shape index (κ2) is 7.04. The Kier molecular flexibility index (Phi) is 4.99. The Morgan fingerprint density at radius 2 is 2.04 bits per heavy atom. The van der Waals surface area contributed by atoms with Crippen molar-refractivity contribution in [3.63, 3.8) is 0 Å². The Morgan fingerprint density at radius 3 is 2.68 bits per heavy atom. The quantitative estimate of drug-likeness (QED) is 0.812. The van der Waals surface area contributed by atoms with E-state index in [0.29, 0.717) is 6.54 Å². The number of likely N-dealkylation sites (N-methyl/N-ethyl adjacent to an activating group) is 1. The molecule has 1 aliphatic carbocycles. The van der Waals surface area contributed by atoms with Crippen molar-refractivity contribution >= 4 is 17.1 Å². The van der Waals surface area contributed by atoms with E-state index in [4.69, 9.17) is 0 Å². The number of aryl methyl sites for hydroxylation is 1. The summed E-state index contributed by atoms with van der Waals surface area (Å²) in [6.45, 7) is 9.83. The minimum absolute atomic E-state index is 0.0266. The Labute approximate surface area is 149 Å². The molecule has 0 spiro atoms. The normalized spacial score (nSPS) is 15.6. The molecule has 0 aliphatic heterocycles. The smallest absolute Gasteiger partial charge is 0.318 e. The Morgan fingerprint density at radius 1 is 1.32 bits per heavy atom. The maximum Gasteiger partial charge on any atom is 0.318 e. The molecule has 136 valence electrons. The first kappa shape index (κ1) is 17.7. The van der Waals surface area contributed by atoms with Crippen molar-refractivity contribution in [1.82, 2.24) is 25.1 Å². The van der Waals surface area contributed by atoms with Crippen molar-refractivity contribution in [3.05, 3.63) is 29.6 Å². The summed E-state index contributed by atoms with van der Waals surface area (Å²) < 4.78 is 0. The van der Waals surface area contributed by atoms with Gasteiger partial charge in [0.15, 0.2) is 0 Å². The first-order valence-corrected chi connectivity index (χ1v) is 9.15. The van der Waals surface area contributed by atoms with Crippen LogP contribution in [0.5, 0.6) is 0 Å². The van der Waals surface area contributed by atoms with Gasteiger partial charge in [0, 0.05) is 13.6 Å².